The van der Waals surface area contributed by atoms with Crippen LogP contribution in [-0.4, -0.2) is 15.8 Å². The molecule has 0 unspecified atom stereocenters. The highest BCUT2D eigenvalue weighted by atomic mass is 35.5. The van der Waals surface area contributed by atoms with E-state index in [2.05, 4.69) is 9.97 Å². The van der Waals surface area contributed by atoms with Gasteiger partial charge in [-0.3, -0.25) is 0 Å². The molecule has 0 spiro atoms. The molecule has 16 heavy (non-hydrogen) atoms. The van der Waals surface area contributed by atoms with Crippen LogP contribution in [0.15, 0.2) is 30.3 Å². The third kappa shape index (κ3) is 2.77. The number of aryl methyl sites for hydroxylation is 2. The summed E-state index contributed by atoms with van der Waals surface area (Å²) < 4.78 is 0. The van der Waals surface area contributed by atoms with Crippen LogP contribution in [0, 0.1) is 6.92 Å². The number of imidazole rings is 1. The number of alkyl halides is 1. The number of rotatable bonds is 3. The molecule has 2 aromatic rings. The summed E-state index contributed by atoms with van der Waals surface area (Å²) >= 11 is 5.71. The summed E-state index contributed by atoms with van der Waals surface area (Å²) in [4.78, 5) is 7.81. The summed E-state index contributed by atoms with van der Waals surface area (Å²) in [5.41, 5.74) is 3.28. The molecule has 0 saturated heterocycles. The second-order valence-electron chi connectivity index (χ2n) is 3.46. The van der Waals surface area contributed by atoms with Crippen molar-refractivity contribution in [3.63, 3.8) is 0 Å². The van der Waals surface area contributed by atoms with Crippen molar-refractivity contribution < 1.29 is 0 Å². The lowest BCUT2D eigenvalue weighted by Crippen LogP contribution is -1.88. The normalized spacial score (nSPS) is 9.88. The van der Waals surface area contributed by atoms with Gasteiger partial charge in [0.2, 0.25) is 0 Å². The van der Waals surface area contributed by atoms with Crippen LogP contribution < -0.4 is 0 Å². The highest BCUT2D eigenvalue weighted by Crippen LogP contribution is 2.17. The molecule has 1 aromatic heterocycles. The van der Waals surface area contributed by atoms with Gasteiger partial charge >= 0.3 is 0 Å². The van der Waals surface area contributed by atoms with E-state index in [1.165, 1.54) is 0 Å². The lowest BCUT2D eigenvalue weighted by molar-refractivity contribution is 1.05. The zero-order chi connectivity index (χ0) is 10.7. The Morgan fingerprint density at radius 3 is 2.56 bits per heavy atom. The summed E-state index contributed by atoms with van der Waals surface area (Å²) in [7, 11) is 0. The summed E-state index contributed by atoms with van der Waals surface area (Å²) in [5.74, 6) is 1.54. The Labute approximate surface area is 106 Å². The first-order chi connectivity index (χ1) is 7.31. The number of nitrogens with one attached hydrogen (secondary N) is 1. The first-order valence-electron chi connectivity index (χ1n) is 4.98. The van der Waals surface area contributed by atoms with Crippen LogP contribution in [-0.2, 0) is 6.42 Å². The van der Waals surface area contributed by atoms with Crippen LogP contribution in [0.3, 0.4) is 0 Å². The van der Waals surface area contributed by atoms with E-state index in [9.17, 15) is 0 Å². The van der Waals surface area contributed by atoms with Gasteiger partial charge in [-0.2, -0.15) is 0 Å². The van der Waals surface area contributed by atoms with Crippen LogP contribution in [0.5, 0.6) is 0 Å². The molecular weight excluding hydrogens is 243 g/mol. The summed E-state index contributed by atoms with van der Waals surface area (Å²) in [6, 6.07) is 10.1. The number of hydrogen-bond donors (Lipinski definition) is 1. The maximum absolute atomic E-state index is 5.71. The molecule has 0 bridgehead atoms. The molecule has 0 radical (unpaired) electrons. The molecule has 2 rings (SSSR count). The van der Waals surface area contributed by atoms with Gasteiger partial charge in [0, 0.05) is 23.6 Å². The van der Waals surface area contributed by atoms with Crippen molar-refractivity contribution in [3.05, 3.63) is 41.7 Å². The number of halogens is 2. The summed E-state index contributed by atoms with van der Waals surface area (Å²) in [6.07, 6.45) is 0.816. The molecule has 86 valence electrons. The Hall–Kier alpha value is -0.990. The summed E-state index contributed by atoms with van der Waals surface area (Å²) in [5, 5.41) is 0. The standard InChI is InChI=1S/C12H13ClN2.ClH/c1-9-11(7-8-13)15-12(14-9)10-5-3-2-4-6-10;/h2-6H,7-8H2,1H3,(H,14,15);1H. The quantitative estimate of drug-likeness (QED) is 0.836. The molecule has 0 aliphatic rings. The van der Waals surface area contributed by atoms with Crippen LogP contribution >= 0.6 is 24.0 Å². The highest BCUT2D eigenvalue weighted by Gasteiger charge is 2.06. The first-order valence-corrected chi connectivity index (χ1v) is 5.51. The second kappa shape index (κ2) is 5.92. The van der Waals surface area contributed by atoms with E-state index in [0.29, 0.717) is 5.88 Å². The fourth-order valence-corrected chi connectivity index (χ4v) is 1.74. The Bertz CT molecular complexity index is 438. The molecule has 2 nitrogen and oxygen atoms in total. The summed E-state index contributed by atoms with van der Waals surface area (Å²) in [6.45, 7) is 2.03. The van der Waals surface area contributed by atoms with Gasteiger partial charge in [0.15, 0.2) is 0 Å². The van der Waals surface area contributed by atoms with Gasteiger partial charge in [-0.05, 0) is 6.92 Å². The average Bonchev–Trinajstić information content (AvgIpc) is 2.63. The molecule has 1 heterocycles. The van der Waals surface area contributed by atoms with Crippen molar-refractivity contribution in [2.24, 2.45) is 0 Å². The van der Waals surface area contributed by atoms with Crippen LogP contribution in [0.1, 0.15) is 11.4 Å². The maximum Gasteiger partial charge on any atom is 0.137 e. The molecule has 0 amide bonds. The zero-order valence-electron chi connectivity index (χ0n) is 9.03. The lowest BCUT2D eigenvalue weighted by atomic mass is 10.2. The van der Waals surface area contributed by atoms with Gasteiger partial charge in [0.1, 0.15) is 5.82 Å². The van der Waals surface area contributed by atoms with Gasteiger partial charge < -0.3 is 4.98 Å². The van der Waals surface area contributed by atoms with Gasteiger partial charge in [-0.25, -0.2) is 4.98 Å². The van der Waals surface area contributed by atoms with Crippen molar-refractivity contribution in [1.82, 2.24) is 9.97 Å². The van der Waals surface area contributed by atoms with Crippen LogP contribution in [0.4, 0.5) is 0 Å². The van der Waals surface area contributed by atoms with Crippen molar-refractivity contribution in [1.29, 1.82) is 0 Å². The van der Waals surface area contributed by atoms with E-state index in [1.54, 1.807) is 0 Å². The molecule has 1 N–H and O–H groups in total. The monoisotopic (exact) mass is 256 g/mol. The zero-order valence-corrected chi connectivity index (χ0v) is 10.6. The second-order valence-corrected chi connectivity index (χ2v) is 3.84. The van der Waals surface area contributed by atoms with Gasteiger partial charge in [-0.1, -0.05) is 30.3 Å². The van der Waals surface area contributed by atoms with Crippen molar-refractivity contribution in [2.75, 3.05) is 5.88 Å². The SMILES string of the molecule is Cc1[nH]c(-c2ccccc2)nc1CCCl.Cl. The minimum absolute atomic E-state index is 0. The van der Waals surface area contributed by atoms with Crippen LogP contribution in [0.25, 0.3) is 11.4 Å². The fraction of sp³-hybridized carbons (Fsp3) is 0.250. The minimum atomic E-state index is 0. The number of hydrogen-bond acceptors (Lipinski definition) is 1. The lowest BCUT2D eigenvalue weighted by Gasteiger charge is -1.93. The molecule has 0 aliphatic heterocycles. The van der Waals surface area contributed by atoms with E-state index in [0.717, 1.165) is 29.2 Å². The Kier molecular flexibility index (Phi) is 4.84. The molecule has 0 atom stereocenters. The number of aromatic amines is 1. The molecular formula is C12H14Cl2N2. The topological polar surface area (TPSA) is 28.7 Å². The van der Waals surface area contributed by atoms with E-state index < -0.39 is 0 Å². The first kappa shape index (κ1) is 13.1. The molecule has 0 saturated carbocycles. The third-order valence-corrected chi connectivity index (χ3v) is 2.55. The minimum Gasteiger partial charge on any atom is -0.342 e. The van der Waals surface area contributed by atoms with Crippen molar-refractivity contribution >= 4 is 24.0 Å². The third-order valence-electron chi connectivity index (χ3n) is 2.36. The van der Waals surface area contributed by atoms with Gasteiger partial charge in [0.25, 0.3) is 0 Å². The Morgan fingerprint density at radius 2 is 1.94 bits per heavy atom. The fourth-order valence-electron chi connectivity index (χ4n) is 1.56. The highest BCUT2D eigenvalue weighted by molar-refractivity contribution is 6.17. The van der Waals surface area contributed by atoms with Crippen molar-refractivity contribution in [2.45, 2.75) is 13.3 Å². The van der Waals surface area contributed by atoms with Gasteiger partial charge in [-0.15, -0.1) is 24.0 Å². The predicted molar refractivity (Wildman–Crippen MR) is 70.4 cm³/mol. The van der Waals surface area contributed by atoms with Crippen molar-refractivity contribution in [3.8, 4) is 11.4 Å². The largest absolute Gasteiger partial charge is 0.342 e. The maximum atomic E-state index is 5.71. The molecule has 0 fully saturated rings. The smallest absolute Gasteiger partial charge is 0.137 e. The molecule has 1 aromatic carbocycles. The number of benzene rings is 1. The predicted octanol–water partition coefficient (Wildman–Crippen LogP) is 3.59. The Balaban J connectivity index is 0.00000128. The van der Waals surface area contributed by atoms with E-state index >= 15 is 0 Å². The van der Waals surface area contributed by atoms with E-state index in [1.807, 2.05) is 37.3 Å². The molecule has 4 heteroatoms. The van der Waals surface area contributed by atoms with Gasteiger partial charge in [0.05, 0.1) is 5.69 Å². The number of aromatic nitrogens is 2. The van der Waals surface area contributed by atoms with E-state index in [4.69, 9.17) is 11.6 Å². The number of nitrogens with zero attached hydrogens (tertiary/aromatic N) is 1. The number of H-pyrrole nitrogens is 1. The average molecular weight is 257 g/mol. The van der Waals surface area contributed by atoms with E-state index in [-0.39, 0.29) is 12.4 Å². The molecule has 0 aliphatic carbocycles. The van der Waals surface area contributed by atoms with Crippen LogP contribution in [0.2, 0.25) is 0 Å². The Morgan fingerprint density at radius 1 is 1.25 bits per heavy atom.